The Morgan fingerprint density at radius 2 is 1.69 bits per heavy atom. The average molecular weight is 463 g/mol. The number of halogens is 3. The first-order valence-corrected chi connectivity index (χ1v) is 10.4. The van der Waals surface area contributed by atoms with Gasteiger partial charge in [-0.1, -0.05) is 44.5 Å². The van der Waals surface area contributed by atoms with E-state index in [2.05, 4.69) is 31.2 Å². The Hall–Kier alpha value is -2.17. The number of aryl methyl sites for hydroxylation is 2. The molecule has 0 spiro atoms. The SMILES string of the molecule is CCCc1ccc(CC[C@@H]2OC[C@@H](C)[C@H](OC)[C@@H]2OC(=O)CN)cc1.O=C(O)C(F)(F)F. The number of hydrogen-bond acceptors (Lipinski definition) is 6. The number of esters is 1. The van der Waals surface area contributed by atoms with E-state index in [-0.39, 0.29) is 24.7 Å². The highest BCUT2D eigenvalue weighted by Crippen LogP contribution is 2.28. The molecule has 1 aliphatic rings. The molecule has 1 heterocycles. The van der Waals surface area contributed by atoms with Crippen LogP contribution in [0.1, 0.15) is 37.8 Å². The Bertz CT molecular complexity index is 711. The molecule has 0 aromatic heterocycles. The molecular formula is C22H32F3NO6. The molecule has 1 aliphatic heterocycles. The molecule has 182 valence electrons. The number of carboxylic acid groups (broad SMARTS) is 1. The van der Waals surface area contributed by atoms with E-state index < -0.39 is 24.2 Å². The summed E-state index contributed by atoms with van der Waals surface area (Å²) in [5.74, 6) is -3.00. The number of carbonyl (C=O) groups is 2. The fourth-order valence-electron chi connectivity index (χ4n) is 3.43. The molecule has 0 unspecified atom stereocenters. The number of benzene rings is 1. The molecule has 2 rings (SSSR count). The third kappa shape index (κ3) is 9.13. The summed E-state index contributed by atoms with van der Waals surface area (Å²) in [6.07, 6.45) is -1.92. The van der Waals surface area contributed by atoms with E-state index in [9.17, 15) is 18.0 Å². The molecule has 4 atom stereocenters. The van der Waals surface area contributed by atoms with Crippen LogP contribution in [-0.2, 0) is 36.6 Å². The first kappa shape index (κ1) is 27.9. The van der Waals surface area contributed by atoms with Crippen molar-refractivity contribution in [2.75, 3.05) is 20.3 Å². The van der Waals surface area contributed by atoms with Gasteiger partial charge in [-0.3, -0.25) is 4.79 Å². The van der Waals surface area contributed by atoms with Crippen LogP contribution in [0.5, 0.6) is 0 Å². The zero-order chi connectivity index (χ0) is 24.3. The number of nitrogens with two attached hydrogens (primary N) is 1. The quantitative estimate of drug-likeness (QED) is 0.570. The molecule has 0 bridgehead atoms. The summed E-state index contributed by atoms with van der Waals surface area (Å²) in [4.78, 5) is 20.6. The molecule has 7 nitrogen and oxygen atoms in total. The van der Waals surface area contributed by atoms with Gasteiger partial charge in [-0.25, -0.2) is 4.79 Å². The standard InChI is InChI=1S/C20H31NO4.C2HF3O2/c1-4-5-15-6-8-16(9-7-15)10-11-17-20(25-18(22)12-21)19(23-3)14(2)13-24-17;3-2(4,5)1(6)7/h6-9,14,17,19-20H,4-5,10-13,21H2,1-3H3;(H,6,7)/t14-,17+,19+,20-;/m1./s1. The van der Waals surface area contributed by atoms with Crippen LogP contribution in [0.3, 0.4) is 0 Å². The van der Waals surface area contributed by atoms with Crippen molar-refractivity contribution >= 4 is 11.9 Å². The maximum atomic E-state index is 11.7. The summed E-state index contributed by atoms with van der Waals surface area (Å²) in [6, 6.07) is 8.72. The van der Waals surface area contributed by atoms with Gasteiger partial charge in [0.1, 0.15) is 6.10 Å². The smallest absolute Gasteiger partial charge is 0.475 e. The Labute approximate surface area is 186 Å². The Morgan fingerprint density at radius 1 is 1.16 bits per heavy atom. The van der Waals surface area contributed by atoms with Crippen LogP contribution in [0.15, 0.2) is 24.3 Å². The first-order valence-electron chi connectivity index (χ1n) is 10.4. The zero-order valence-corrected chi connectivity index (χ0v) is 18.6. The highest BCUT2D eigenvalue weighted by Gasteiger charge is 2.41. The first-order chi connectivity index (χ1) is 15.0. The fourth-order valence-corrected chi connectivity index (χ4v) is 3.43. The monoisotopic (exact) mass is 463 g/mol. The van der Waals surface area contributed by atoms with Crippen molar-refractivity contribution in [1.29, 1.82) is 0 Å². The van der Waals surface area contributed by atoms with E-state index in [1.165, 1.54) is 11.1 Å². The van der Waals surface area contributed by atoms with Crippen molar-refractivity contribution in [2.45, 2.75) is 64.0 Å². The molecule has 0 amide bonds. The minimum absolute atomic E-state index is 0.132. The summed E-state index contributed by atoms with van der Waals surface area (Å²) >= 11 is 0. The second-order valence-corrected chi connectivity index (χ2v) is 7.62. The van der Waals surface area contributed by atoms with E-state index in [0.29, 0.717) is 6.61 Å². The van der Waals surface area contributed by atoms with Crippen LogP contribution >= 0.6 is 0 Å². The zero-order valence-electron chi connectivity index (χ0n) is 18.6. The van der Waals surface area contributed by atoms with Crippen molar-refractivity contribution in [3.05, 3.63) is 35.4 Å². The predicted octanol–water partition coefficient (Wildman–Crippen LogP) is 3.13. The number of carbonyl (C=O) groups excluding carboxylic acids is 1. The van der Waals surface area contributed by atoms with Crippen molar-refractivity contribution in [3.63, 3.8) is 0 Å². The van der Waals surface area contributed by atoms with Gasteiger partial charge in [0.2, 0.25) is 0 Å². The molecule has 0 radical (unpaired) electrons. The van der Waals surface area contributed by atoms with Gasteiger partial charge in [0, 0.05) is 13.0 Å². The van der Waals surface area contributed by atoms with Crippen LogP contribution < -0.4 is 5.73 Å². The van der Waals surface area contributed by atoms with Gasteiger partial charge in [0.15, 0.2) is 6.10 Å². The highest BCUT2D eigenvalue weighted by molar-refractivity contribution is 5.73. The highest BCUT2D eigenvalue weighted by atomic mass is 19.4. The van der Waals surface area contributed by atoms with Crippen LogP contribution in [-0.4, -0.2) is 61.8 Å². The van der Waals surface area contributed by atoms with E-state index in [1.807, 2.05) is 6.92 Å². The van der Waals surface area contributed by atoms with E-state index in [4.69, 9.17) is 29.8 Å². The van der Waals surface area contributed by atoms with Crippen molar-refractivity contribution in [1.82, 2.24) is 0 Å². The van der Waals surface area contributed by atoms with Gasteiger partial charge in [0.05, 0.1) is 19.3 Å². The number of methoxy groups -OCH3 is 1. The largest absolute Gasteiger partial charge is 0.490 e. The minimum atomic E-state index is -5.08. The topological polar surface area (TPSA) is 108 Å². The molecule has 3 N–H and O–H groups in total. The van der Waals surface area contributed by atoms with E-state index >= 15 is 0 Å². The summed E-state index contributed by atoms with van der Waals surface area (Å²) < 4.78 is 48.8. The van der Waals surface area contributed by atoms with Crippen LogP contribution in [0.4, 0.5) is 13.2 Å². The third-order valence-electron chi connectivity index (χ3n) is 5.05. The summed E-state index contributed by atoms with van der Waals surface area (Å²) in [5, 5.41) is 7.12. The number of rotatable bonds is 8. The molecule has 1 fully saturated rings. The second-order valence-electron chi connectivity index (χ2n) is 7.62. The number of hydrogen-bond donors (Lipinski definition) is 2. The van der Waals surface area contributed by atoms with Crippen LogP contribution in [0, 0.1) is 5.92 Å². The van der Waals surface area contributed by atoms with Crippen LogP contribution in [0.2, 0.25) is 0 Å². The second kappa shape index (κ2) is 13.4. The van der Waals surface area contributed by atoms with Gasteiger partial charge in [-0.2, -0.15) is 13.2 Å². The fraction of sp³-hybridized carbons (Fsp3) is 0.636. The van der Waals surface area contributed by atoms with Crippen LogP contribution in [0.25, 0.3) is 0 Å². The summed E-state index contributed by atoms with van der Waals surface area (Å²) in [5.41, 5.74) is 8.03. The van der Waals surface area contributed by atoms with Crippen molar-refractivity contribution in [2.24, 2.45) is 11.7 Å². The van der Waals surface area contributed by atoms with Gasteiger partial charge in [0.25, 0.3) is 0 Å². The van der Waals surface area contributed by atoms with Gasteiger partial charge in [-0.15, -0.1) is 0 Å². The Morgan fingerprint density at radius 3 is 2.12 bits per heavy atom. The third-order valence-corrected chi connectivity index (χ3v) is 5.05. The van der Waals surface area contributed by atoms with E-state index in [0.717, 1.165) is 25.7 Å². The average Bonchev–Trinajstić information content (AvgIpc) is 2.74. The molecule has 0 saturated carbocycles. The number of carboxylic acids is 1. The molecular weight excluding hydrogens is 431 g/mol. The lowest BCUT2D eigenvalue weighted by Gasteiger charge is -2.40. The van der Waals surface area contributed by atoms with Crippen molar-refractivity contribution < 1.29 is 42.1 Å². The predicted molar refractivity (Wildman–Crippen MR) is 111 cm³/mol. The lowest BCUT2D eigenvalue weighted by atomic mass is 9.90. The van der Waals surface area contributed by atoms with Crippen molar-refractivity contribution in [3.8, 4) is 0 Å². The normalized spacial score (nSPS) is 23.1. The number of alkyl halides is 3. The molecule has 1 aromatic carbocycles. The molecule has 10 heteroatoms. The number of ether oxygens (including phenoxy) is 3. The maximum Gasteiger partial charge on any atom is 0.490 e. The maximum absolute atomic E-state index is 11.7. The Balaban J connectivity index is 0.000000633. The van der Waals surface area contributed by atoms with E-state index in [1.54, 1.807) is 7.11 Å². The minimum Gasteiger partial charge on any atom is -0.475 e. The van der Waals surface area contributed by atoms with Gasteiger partial charge in [-0.05, 0) is 30.4 Å². The lowest BCUT2D eigenvalue weighted by Crippen LogP contribution is -2.52. The molecule has 0 aliphatic carbocycles. The lowest BCUT2D eigenvalue weighted by molar-refractivity contribution is -0.198. The summed E-state index contributed by atoms with van der Waals surface area (Å²) in [7, 11) is 1.65. The number of aliphatic carboxylic acids is 1. The molecule has 1 aromatic rings. The van der Waals surface area contributed by atoms with Gasteiger partial charge >= 0.3 is 18.1 Å². The Kier molecular flexibility index (Phi) is 11.7. The molecule has 1 saturated heterocycles. The molecule has 32 heavy (non-hydrogen) atoms. The summed E-state index contributed by atoms with van der Waals surface area (Å²) in [6.45, 7) is 4.70. The van der Waals surface area contributed by atoms with Gasteiger partial charge < -0.3 is 25.1 Å².